The van der Waals surface area contributed by atoms with Gasteiger partial charge in [0, 0.05) is 12.7 Å². The summed E-state index contributed by atoms with van der Waals surface area (Å²) in [6.45, 7) is 0.304. The molecule has 0 fully saturated rings. The lowest BCUT2D eigenvalue weighted by atomic mass is 10.3. The van der Waals surface area contributed by atoms with Gasteiger partial charge in [0.1, 0.15) is 0 Å². The molecule has 0 aliphatic carbocycles. The van der Waals surface area contributed by atoms with Crippen LogP contribution in [-0.4, -0.2) is 24.5 Å². The lowest BCUT2D eigenvalue weighted by Gasteiger charge is -2.14. The van der Waals surface area contributed by atoms with Crippen LogP contribution in [0.25, 0.3) is 0 Å². The molecule has 0 aliphatic heterocycles. The minimum absolute atomic E-state index is 0.200. The van der Waals surface area contributed by atoms with E-state index in [1.54, 1.807) is 7.05 Å². The van der Waals surface area contributed by atoms with E-state index >= 15 is 0 Å². The predicted molar refractivity (Wildman–Crippen MR) is 56.9 cm³/mol. The van der Waals surface area contributed by atoms with Crippen molar-refractivity contribution in [3.05, 3.63) is 30.3 Å². The Balaban J connectivity index is 2.54. The van der Waals surface area contributed by atoms with Crippen molar-refractivity contribution < 1.29 is 4.79 Å². The maximum atomic E-state index is 11.4. The summed E-state index contributed by atoms with van der Waals surface area (Å²) in [6.07, 6.45) is 5.09. The molecule has 0 unspecified atom stereocenters. The Morgan fingerprint density at radius 1 is 1.50 bits per heavy atom. The summed E-state index contributed by atoms with van der Waals surface area (Å²) in [5.74, 6) is 2.40. The van der Waals surface area contributed by atoms with E-state index in [4.69, 9.17) is 6.42 Å². The van der Waals surface area contributed by atoms with Gasteiger partial charge < -0.3 is 10.2 Å². The molecular weight excluding hydrogens is 176 g/mol. The van der Waals surface area contributed by atoms with Crippen molar-refractivity contribution in [3.63, 3.8) is 0 Å². The van der Waals surface area contributed by atoms with Gasteiger partial charge in [-0.2, -0.15) is 0 Å². The van der Waals surface area contributed by atoms with Gasteiger partial charge in [0.2, 0.25) is 0 Å². The van der Waals surface area contributed by atoms with Crippen LogP contribution in [0.15, 0.2) is 30.3 Å². The molecule has 14 heavy (non-hydrogen) atoms. The molecule has 0 aliphatic rings. The molecule has 0 atom stereocenters. The van der Waals surface area contributed by atoms with Crippen LogP contribution < -0.4 is 5.32 Å². The van der Waals surface area contributed by atoms with E-state index in [-0.39, 0.29) is 6.03 Å². The standard InChI is InChI=1S/C11H12N2O/c1-3-9-13(2)11(14)12-10-7-5-4-6-8-10/h1,4-8H,9H2,2H3,(H,12,14). The fourth-order valence-electron chi connectivity index (χ4n) is 0.949. The highest BCUT2D eigenvalue weighted by atomic mass is 16.2. The molecule has 72 valence electrons. The van der Waals surface area contributed by atoms with Crippen LogP contribution in [-0.2, 0) is 0 Å². The number of hydrogen-bond acceptors (Lipinski definition) is 1. The topological polar surface area (TPSA) is 32.3 Å². The summed E-state index contributed by atoms with van der Waals surface area (Å²) >= 11 is 0. The van der Waals surface area contributed by atoms with E-state index in [2.05, 4.69) is 11.2 Å². The molecule has 3 heteroatoms. The smallest absolute Gasteiger partial charge is 0.316 e. The molecule has 0 aromatic heterocycles. The van der Waals surface area contributed by atoms with Gasteiger partial charge in [-0.25, -0.2) is 4.79 Å². The molecule has 0 radical (unpaired) electrons. The van der Waals surface area contributed by atoms with Gasteiger partial charge in [-0.1, -0.05) is 24.1 Å². The first-order valence-corrected chi connectivity index (χ1v) is 4.24. The van der Waals surface area contributed by atoms with Crippen LogP contribution in [0.2, 0.25) is 0 Å². The van der Waals surface area contributed by atoms with Crippen LogP contribution in [0.5, 0.6) is 0 Å². The summed E-state index contributed by atoms with van der Waals surface area (Å²) < 4.78 is 0. The first-order valence-electron chi connectivity index (χ1n) is 4.24. The number of carbonyl (C=O) groups is 1. The van der Waals surface area contributed by atoms with E-state index < -0.39 is 0 Å². The Bertz CT molecular complexity index is 340. The number of terminal acetylenes is 1. The normalized spacial score (nSPS) is 8.86. The Morgan fingerprint density at radius 3 is 2.71 bits per heavy atom. The number of amides is 2. The van der Waals surface area contributed by atoms with E-state index in [1.165, 1.54) is 4.90 Å². The summed E-state index contributed by atoms with van der Waals surface area (Å²) in [6, 6.07) is 9.05. The van der Waals surface area contributed by atoms with Gasteiger partial charge in [-0.05, 0) is 12.1 Å². The average molecular weight is 188 g/mol. The molecule has 1 rings (SSSR count). The third-order valence-corrected chi connectivity index (χ3v) is 1.70. The molecule has 1 aromatic carbocycles. The Morgan fingerprint density at radius 2 is 2.14 bits per heavy atom. The number of anilines is 1. The summed E-state index contributed by atoms with van der Waals surface area (Å²) in [5, 5.41) is 2.72. The molecule has 0 spiro atoms. The second kappa shape index (κ2) is 4.93. The van der Waals surface area contributed by atoms with Crippen LogP contribution in [0.4, 0.5) is 10.5 Å². The number of carbonyl (C=O) groups excluding carboxylic acids is 1. The SMILES string of the molecule is C#CCN(C)C(=O)Nc1ccccc1. The Labute approximate surface area is 83.7 Å². The summed E-state index contributed by atoms with van der Waals surface area (Å²) in [7, 11) is 1.65. The van der Waals surface area contributed by atoms with Crippen molar-refractivity contribution in [2.45, 2.75) is 0 Å². The van der Waals surface area contributed by atoms with Gasteiger partial charge in [0.05, 0.1) is 6.54 Å². The molecule has 1 aromatic rings. The van der Waals surface area contributed by atoms with Crippen molar-refractivity contribution >= 4 is 11.7 Å². The minimum atomic E-state index is -0.200. The van der Waals surface area contributed by atoms with Gasteiger partial charge >= 0.3 is 6.03 Å². The molecular formula is C11H12N2O. The number of hydrogen-bond donors (Lipinski definition) is 1. The van der Waals surface area contributed by atoms with E-state index in [0.717, 1.165) is 5.69 Å². The predicted octanol–water partition coefficient (Wildman–Crippen LogP) is 1.78. The lowest BCUT2D eigenvalue weighted by molar-refractivity contribution is 0.227. The number of urea groups is 1. The molecule has 1 N–H and O–H groups in total. The van der Waals surface area contributed by atoms with Gasteiger partial charge in [0.15, 0.2) is 0 Å². The first-order chi connectivity index (χ1) is 6.74. The van der Waals surface area contributed by atoms with E-state index in [9.17, 15) is 4.79 Å². The largest absolute Gasteiger partial charge is 0.322 e. The molecule has 0 heterocycles. The lowest BCUT2D eigenvalue weighted by Crippen LogP contribution is -2.31. The molecule has 0 bridgehead atoms. The van der Waals surface area contributed by atoms with Crippen molar-refractivity contribution in [3.8, 4) is 12.3 Å². The van der Waals surface area contributed by atoms with Crippen molar-refractivity contribution in [2.75, 3.05) is 18.9 Å². The number of para-hydroxylation sites is 1. The summed E-state index contributed by atoms with van der Waals surface area (Å²) in [5.41, 5.74) is 0.765. The average Bonchev–Trinajstić information content (AvgIpc) is 2.19. The highest BCUT2D eigenvalue weighted by molar-refractivity contribution is 5.89. The molecule has 0 saturated heterocycles. The van der Waals surface area contributed by atoms with Crippen molar-refractivity contribution in [1.82, 2.24) is 4.90 Å². The Hall–Kier alpha value is -1.95. The number of nitrogens with zero attached hydrogens (tertiary/aromatic N) is 1. The highest BCUT2D eigenvalue weighted by Crippen LogP contribution is 2.05. The monoisotopic (exact) mass is 188 g/mol. The number of rotatable bonds is 2. The first kappa shape index (κ1) is 10.1. The third kappa shape index (κ3) is 2.83. The third-order valence-electron chi connectivity index (χ3n) is 1.70. The zero-order valence-corrected chi connectivity index (χ0v) is 8.03. The zero-order valence-electron chi connectivity index (χ0n) is 8.03. The second-order valence-corrected chi connectivity index (χ2v) is 2.86. The van der Waals surface area contributed by atoms with Crippen molar-refractivity contribution in [1.29, 1.82) is 0 Å². The summed E-state index contributed by atoms with van der Waals surface area (Å²) in [4.78, 5) is 12.9. The fraction of sp³-hybridized carbons (Fsp3) is 0.182. The molecule has 0 saturated carbocycles. The van der Waals surface area contributed by atoms with Crippen LogP contribution in [0.1, 0.15) is 0 Å². The number of benzene rings is 1. The van der Waals surface area contributed by atoms with E-state index in [0.29, 0.717) is 6.54 Å². The molecule has 2 amide bonds. The van der Waals surface area contributed by atoms with Crippen LogP contribution in [0, 0.1) is 12.3 Å². The quantitative estimate of drug-likeness (QED) is 0.705. The van der Waals surface area contributed by atoms with Crippen LogP contribution >= 0.6 is 0 Å². The maximum absolute atomic E-state index is 11.4. The molecule has 3 nitrogen and oxygen atoms in total. The van der Waals surface area contributed by atoms with Gasteiger partial charge in [-0.15, -0.1) is 6.42 Å². The highest BCUT2D eigenvalue weighted by Gasteiger charge is 2.05. The second-order valence-electron chi connectivity index (χ2n) is 2.86. The van der Waals surface area contributed by atoms with Crippen LogP contribution in [0.3, 0.4) is 0 Å². The van der Waals surface area contributed by atoms with Gasteiger partial charge in [0.25, 0.3) is 0 Å². The zero-order chi connectivity index (χ0) is 10.4. The van der Waals surface area contributed by atoms with E-state index in [1.807, 2.05) is 30.3 Å². The maximum Gasteiger partial charge on any atom is 0.322 e. The Kier molecular flexibility index (Phi) is 3.57. The fourth-order valence-corrected chi connectivity index (χ4v) is 0.949. The number of nitrogens with one attached hydrogen (secondary N) is 1. The van der Waals surface area contributed by atoms with Gasteiger partial charge in [-0.3, -0.25) is 0 Å². The minimum Gasteiger partial charge on any atom is -0.316 e. The van der Waals surface area contributed by atoms with Crippen molar-refractivity contribution in [2.24, 2.45) is 0 Å².